The molecule has 4 rings (SSSR count). The van der Waals surface area contributed by atoms with E-state index >= 15 is 0 Å². The zero-order chi connectivity index (χ0) is 20.9. The summed E-state index contributed by atoms with van der Waals surface area (Å²) in [5, 5.41) is 14.8. The van der Waals surface area contributed by atoms with Gasteiger partial charge < -0.3 is 10.0 Å². The second-order valence-corrected chi connectivity index (χ2v) is 9.22. The van der Waals surface area contributed by atoms with E-state index in [0.717, 1.165) is 17.8 Å². The molecule has 1 N–H and O–H groups in total. The van der Waals surface area contributed by atoms with E-state index in [-0.39, 0.29) is 5.69 Å². The van der Waals surface area contributed by atoms with Crippen molar-refractivity contribution in [3.8, 4) is 11.4 Å². The summed E-state index contributed by atoms with van der Waals surface area (Å²) in [7, 11) is -3.22. The summed E-state index contributed by atoms with van der Waals surface area (Å²) in [6.45, 7) is 1.78. The van der Waals surface area contributed by atoms with E-state index < -0.39 is 27.4 Å². The highest BCUT2D eigenvalue weighted by Gasteiger charge is 2.24. The van der Waals surface area contributed by atoms with E-state index in [1.54, 1.807) is 6.07 Å². The molecule has 0 aliphatic carbocycles. The summed E-state index contributed by atoms with van der Waals surface area (Å²) in [6, 6.07) is 5.56. The van der Waals surface area contributed by atoms with Gasteiger partial charge in [0, 0.05) is 49.4 Å². The highest BCUT2D eigenvalue weighted by atomic mass is 35.5. The highest BCUT2D eigenvalue weighted by molar-refractivity contribution is 7.88. The second kappa shape index (κ2) is 7.12. The lowest BCUT2D eigenvalue weighted by Gasteiger charge is -2.34. The van der Waals surface area contributed by atoms with Crippen molar-refractivity contribution >= 4 is 38.2 Å². The van der Waals surface area contributed by atoms with Crippen LogP contribution in [0.1, 0.15) is 0 Å². The van der Waals surface area contributed by atoms with Crippen molar-refractivity contribution in [3.05, 3.63) is 47.1 Å². The highest BCUT2D eigenvalue weighted by Crippen LogP contribution is 2.33. The molecule has 2 heterocycles. The summed E-state index contributed by atoms with van der Waals surface area (Å²) in [5.74, 6) is -3.34. The number of piperazine rings is 1. The lowest BCUT2D eigenvalue weighted by atomic mass is 10.2. The minimum Gasteiger partial charge on any atom is -0.505 e. The standard InChI is InChI=1S/C18H17ClF2N4O3S/c1-29(27,28)24-4-2-23(3-5-24)12-6-11-10-22-25(18(11)14(19)7-12)13-8-15(20)17(21)16(26)9-13/h6-10,26H,2-5H2,1H3. The Kier molecular flexibility index (Phi) is 4.88. The molecule has 1 aromatic heterocycles. The van der Waals surface area contributed by atoms with E-state index in [4.69, 9.17) is 11.6 Å². The summed E-state index contributed by atoms with van der Waals surface area (Å²) in [6.07, 6.45) is 2.73. The molecule has 1 fully saturated rings. The normalized spacial score (nSPS) is 15.9. The third-order valence-electron chi connectivity index (χ3n) is 4.91. The molecule has 1 saturated heterocycles. The van der Waals surface area contributed by atoms with E-state index in [1.165, 1.54) is 21.4 Å². The fraction of sp³-hybridized carbons (Fsp3) is 0.278. The Balaban J connectivity index is 1.68. The van der Waals surface area contributed by atoms with Gasteiger partial charge in [0.2, 0.25) is 10.0 Å². The number of aromatic nitrogens is 2. The Morgan fingerprint density at radius 1 is 1.07 bits per heavy atom. The average molecular weight is 443 g/mol. The second-order valence-electron chi connectivity index (χ2n) is 6.83. The number of hydrogen-bond donors (Lipinski definition) is 1. The molecule has 2 aromatic carbocycles. The average Bonchev–Trinajstić information content (AvgIpc) is 3.10. The Hall–Kier alpha value is -2.43. The molecule has 0 radical (unpaired) electrons. The van der Waals surface area contributed by atoms with Crippen molar-refractivity contribution in [2.45, 2.75) is 0 Å². The zero-order valence-corrected chi connectivity index (χ0v) is 16.9. The number of halogens is 3. The van der Waals surface area contributed by atoms with Crippen LogP contribution in [0.4, 0.5) is 14.5 Å². The van der Waals surface area contributed by atoms with Gasteiger partial charge in [0.15, 0.2) is 17.4 Å². The Labute approximate surface area is 170 Å². The minimum absolute atomic E-state index is 0.132. The van der Waals surface area contributed by atoms with Crippen LogP contribution in [0.2, 0.25) is 5.02 Å². The first kappa shape index (κ1) is 19.9. The van der Waals surface area contributed by atoms with E-state index in [9.17, 15) is 22.3 Å². The first-order valence-electron chi connectivity index (χ1n) is 8.71. The SMILES string of the molecule is CS(=O)(=O)N1CCN(c2cc(Cl)c3c(cnn3-c3cc(O)c(F)c(F)c3)c2)CC1. The lowest BCUT2D eigenvalue weighted by molar-refractivity contribution is 0.388. The van der Waals surface area contributed by atoms with Crippen molar-refractivity contribution in [2.24, 2.45) is 0 Å². The van der Waals surface area contributed by atoms with Crippen LogP contribution in [-0.2, 0) is 10.0 Å². The number of fused-ring (bicyclic) bond motifs is 1. The molecule has 154 valence electrons. The fourth-order valence-corrected chi connectivity index (χ4v) is 4.57. The topological polar surface area (TPSA) is 78.7 Å². The third kappa shape index (κ3) is 3.63. The van der Waals surface area contributed by atoms with Gasteiger partial charge in [-0.25, -0.2) is 17.5 Å². The maximum absolute atomic E-state index is 13.7. The van der Waals surface area contributed by atoms with Gasteiger partial charge in [0.25, 0.3) is 0 Å². The van der Waals surface area contributed by atoms with Crippen LogP contribution in [0, 0.1) is 11.6 Å². The molecule has 0 saturated carbocycles. The number of anilines is 1. The predicted octanol–water partition coefficient (Wildman–Crippen LogP) is 2.74. The number of nitrogens with zero attached hydrogens (tertiary/aromatic N) is 4. The van der Waals surface area contributed by atoms with E-state index in [1.807, 2.05) is 11.0 Å². The van der Waals surface area contributed by atoms with Gasteiger partial charge in [0.05, 0.1) is 28.7 Å². The third-order valence-corrected chi connectivity index (χ3v) is 6.50. The number of sulfonamides is 1. The van der Waals surface area contributed by atoms with Crippen LogP contribution in [0.5, 0.6) is 5.75 Å². The van der Waals surface area contributed by atoms with Crippen molar-refractivity contribution in [1.82, 2.24) is 14.1 Å². The number of benzene rings is 2. The van der Waals surface area contributed by atoms with Crippen LogP contribution in [0.3, 0.4) is 0 Å². The predicted molar refractivity (Wildman–Crippen MR) is 106 cm³/mol. The van der Waals surface area contributed by atoms with Gasteiger partial charge in [-0.3, -0.25) is 0 Å². The van der Waals surface area contributed by atoms with Gasteiger partial charge >= 0.3 is 0 Å². The van der Waals surface area contributed by atoms with Crippen molar-refractivity contribution < 1.29 is 22.3 Å². The molecule has 0 unspecified atom stereocenters. The van der Waals surface area contributed by atoms with Crippen LogP contribution >= 0.6 is 11.6 Å². The van der Waals surface area contributed by atoms with Crippen LogP contribution in [0.15, 0.2) is 30.5 Å². The van der Waals surface area contributed by atoms with Gasteiger partial charge in [-0.05, 0) is 12.1 Å². The van der Waals surface area contributed by atoms with Gasteiger partial charge in [-0.1, -0.05) is 11.6 Å². The summed E-state index contributed by atoms with van der Waals surface area (Å²) >= 11 is 6.47. The first-order chi connectivity index (χ1) is 13.6. The number of hydrogen-bond acceptors (Lipinski definition) is 5. The first-order valence-corrected chi connectivity index (χ1v) is 10.9. The van der Waals surface area contributed by atoms with E-state index in [0.29, 0.717) is 42.1 Å². The maximum Gasteiger partial charge on any atom is 0.211 e. The Morgan fingerprint density at radius 2 is 1.76 bits per heavy atom. The molecular formula is C18H17ClF2N4O3S. The molecule has 7 nitrogen and oxygen atoms in total. The molecule has 0 atom stereocenters. The monoisotopic (exact) mass is 442 g/mol. The van der Waals surface area contributed by atoms with Gasteiger partial charge in [0.1, 0.15) is 0 Å². The molecule has 3 aromatic rings. The van der Waals surface area contributed by atoms with Gasteiger partial charge in [-0.15, -0.1) is 0 Å². The zero-order valence-electron chi connectivity index (χ0n) is 15.3. The number of rotatable bonds is 3. The van der Waals surface area contributed by atoms with Crippen LogP contribution in [-0.4, -0.2) is 60.0 Å². The largest absolute Gasteiger partial charge is 0.505 e. The fourth-order valence-electron chi connectivity index (χ4n) is 3.44. The Bertz CT molecular complexity index is 1180. The molecule has 0 amide bonds. The smallest absolute Gasteiger partial charge is 0.211 e. The lowest BCUT2D eigenvalue weighted by Crippen LogP contribution is -2.48. The summed E-state index contributed by atoms with van der Waals surface area (Å²) in [4.78, 5) is 2.02. The Morgan fingerprint density at radius 3 is 2.38 bits per heavy atom. The summed E-state index contributed by atoms with van der Waals surface area (Å²) < 4.78 is 53.2. The summed E-state index contributed by atoms with van der Waals surface area (Å²) in [5.41, 5.74) is 1.42. The molecule has 0 bridgehead atoms. The molecular weight excluding hydrogens is 426 g/mol. The molecule has 1 aliphatic heterocycles. The van der Waals surface area contributed by atoms with Crippen LogP contribution < -0.4 is 4.90 Å². The van der Waals surface area contributed by atoms with Crippen molar-refractivity contribution in [2.75, 3.05) is 37.3 Å². The quantitative estimate of drug-likeness (QED) is 0.674. The van der Waals surface area contributed by atoms with Crippen LogP contribution in [0.25, 0.3) is 16.6 Å². The number of aromatic hydroxyl groups is 1. The minimum atomic E-state index is -3.22. The molecule has 0 spiro atoms. The maximum atomic E-state index is 13.7. The number of phenols is 1. The van der Waals surface area contributed by atoms with E-state index in [2.05, 4.69) is 5.10 Å². The van der Waals surface area contributed by atoms with Crippen molar-refractivity contribution in [1.29, 1.82) is 0 Å². The molecule has 11 heteroatoms. The number of phenolic OH excluding ortho intramolecular Hbond substituents is 1. The molecule has 1 aliphatic rings. The molecule has 29 heavy (non-hydrogen) atoms. The van der Waals surface area contributed by atoms with Crippen molar-refractivity contribution in [3.63, 3.8) is 0 Å². The van der Waals surface area contributed by atoms with Gasteiger partial charge in [-0.2, -0.15) is 13.8 Å².